The van der Waals surface area contributed by atoms with Crippen LogP contribution in [0.4, 0.5) is 13.2 Å². The Morgan fingerprint density at radius 2 is 1.76 bits per heavy atom. The van der Waals surface area contributed by atoms with Gasteiger partial charge in [0.1, 0.15) is 23.0 Å². The molecule has 0 saturated heterocycles. The summed E-state index contributed by atoms with van der Waals surface area (Å²) in [6, 6.07) is 0.830. The summed E-state index contributed by atoms with van der Waals surface area (Å²) in [5.74, 6) is -4.35. The Bertz CT molecular complexity index is 550. The second kappa shape index (κ2) is 6.43. The van der Waals surface area contributed by atoms with E-state index >= 15 is 0 Å². The molecule has 1 fully saturated rings. The van der Waals surface area contributed by atoms with Gasteiger partial charge in [0.15, 0.2) is 0 Å². The number of halogens is 3. The van der Waals surface area contributed by atoms with E-state index in [1.807, 2.05) is 0 Å². The van der Waals surface area contributed by atoms with Crippen molar-refractivity contribution in [1.82, 2.24) is 4.90 Å². The average Bonchev–Trinajstić information content (AvgIpc) is 2.87. The van der Waals surface area contributed by atoms with E-state index in [0.29, 0.717) is 12.1 Å². The van der Waals surface area contributed by atoms with Crippen molar-refractivity contribution in [3.8, 4) is 0 Å². The van der Waals surface area contributed by atoms with E-state index in [1.54, 1.807) is 0 Å². The first-order valence-electron chi connectivity index (χ1n) is 6.64. The molecule has 114 valence electrons. The SMILES string of the molecule is NC(=S)CN(C(=O)c1c(F)cc(F)cc1F)C1CCCC1. The van der Waals surface area contributed by atoms with Gasteiger partial charge >= 0.3 is 0 Å². The van der Waals surface area contributed by atoms with E-state index in [-0.39, 0.29) is 17.6 Å². The van der Waals surface area contributed by atoms with Crippen molar-refractivity contribution in [2.24, 2.45) is 5.73 Å². The van der Waals surface area contributed by atoms with Gasteiger partial charge < -0.3 is 10.6 Å². The van der Waals surface area contributed by atoms with Crippen LogP contribution >= 0.6 is 12.2 Å². The highest BCUT2D eigenvalue weighted by Crippen LogP contribution is 2.26. The van der Waals surface area contributed by atoms with E-state index in [9.17, 15) is 18.0 Å². The zero-order chi connectivity index (χ0) is 15.6. The summed E-state index contributed by atoms with van der Waals surface area (Å²) in [6.07, 6.45) is 3.33. The quantitative estimate of drug-likeness (QED) is 0.869. The second-order valence-electron chi connectivity index (χ2n) is 5.08. The molecule has 1 aromatic rings. The van der Waals surface area contributed by atoms with Gasteiger partial charge in [-0.2, -0.15) is 0 Å². The number of carbonyl (C=O) groups is 1. The summed E-state index contributed by atoms with van der Waals surface area (Å²) in [7, 11) is 0. The first-order valence-corrected chi connectivity index (χ1v) is 7.04. The Hall–Kier alpha value is -1.63. The van der Waals surface area contributed by atoms with Gasteiger partial charge in [0.05, 0.1) is 11.5 Å². The molecule has 0 aromatic heterocycles. The van der Waals surface area contributed by atoms with E-state index in [1.165, 1.54) is 4.90 Å². The van der Waals surface area contributed by atoms with Crippen LogP contribution in [0, 0.1) is 17.5 Å². The number of carbonyl (C=O) groups excluding carboxylic acids is 1. The third-order valence-corrected chi connectivity index (χ3v) is 3.70. The van der Waals surface area contributed by atoms with Crippen LogP contribution in [0.3, 0.4) is 0 Å². The maximum absolute atomic E-state index is 13.8. The van der Waals surface area contributed by atoms with E-state index < -0.39 is 28.9 Å². The molecule has 0 heterocycles. The second-order valence-corrected chi connectivity index (χ2v) is 5.61. The number of thiocarbonyl (C=S) groups is 1. The predicted molar refractivity (Wildman–Crippen MR) is 76.4 cm³/mol. The summed E-state index contributed by atoms with van der Waals surface area (Å²) in [4.78, 5) is 13.8. The van der Waals surface area contributed by atoms with Crippen molar-refractivity contribution in [1.29, 1.82) is 0 Å². The lowest BCUT2D eigenvalue weighted by Gasteiger charge is -2.28. The Kier molecular flexibility index (Phi) is 4.82. The highest BCUT2D eigenvalue weighted by molar-refractivity contribution is 7.80. The summed E-state index contributed by atoms with van der Waals surface area (Å²) in [5, 5.41) is 0. The lowest BCUT2D eigenvalue weighted by Crippen LogP contribution is -2.44. The molecule has 0 bridgehead atoms. The van der Waals surface area contributed by atoms with Gasteiger partial charge in [0.2, 0.25) is 0 Å². The van der Waals surface area contributed by atoms with Crippen LogP contribution in [-0.2, 0) is 0 Å². The first kappa shape index (κ1) is 15.8. The van der Waals surface area contributed by atoms with E-state index in [2.05, 4.69) is 0 Å². The molecular weight excluding hydrogens is 301 g/mol. The van der Waals surface area contributed by atoms with Gasteiger partial charge in [0, 0.05) is 18.2 Å². The van der Waals surface area contributed by atoms with Crippen molar-refractivity contribution in [2.75, 3.05) is 6.54 Å². The molecule has 1 amide bonds. The van der Waals surface area contributed by atoms with Gasteiger partial charge in [-0.15, -0.1) is 0 Å². The smallest absolute Gasteiger partial charge is 0.260 e. The van der Waals surface area contributed by atoms with Gasteiger partial charge in [-0.05, 0) is 12.8 Å². The van der Waals surface area contributed by atoms with Gasteiger partial charge in [-0.3, -0.25) is 4.79 Å². The monoisotopic (exact) mass is 316 g/mol. The molecule has 1 aromatic carbocycles. The minimum atomic E-state index is -1.22. The molecule has 0 atom stereocenters. The standard InChI is InChI=1S/C14H15F3N2OS/c15-8-5-10(16)13(11(17)6-8)14(20)19(7-12(18)21)9-3-1-2-4-9/h5-6,9H,1-4,7H2,(H2,18,21). The zero-order valence-electron chi connectivity index (χ0n) is 11.2. The first-order chi connectivity index (χ1) is 9.90. The third-order valence-electron chi connectivity index (χ3n) is 3.57. The van der Waals surface area contributed by atoms with Crippen LogP contribution in [0.15, 0.2) is 12.1 Å². The highest BCUT2D eigenvalue weighted by Gasteiger charge is 2.31. The Morgan fingerprint density at radius 1 is 1.24 bits per heavy atom. The highest BCUT2D eigenvalue weighted by atomic mass is 32.1. The molecule has 0 spiro atoms. The fourth-order valence-electron chi connectivity index (χ4n) is 2.64. The molecular formula is C14H15F3N2OS. The topological polar surface area (TPSA) is 46.3 Å². The predicted octanol–water partition coefficient (Wildman–Crippen LogP) is 2.77. The average molecular weight is 316 g/mol. The normalized spacial score (nSPS) is 15.2. The molecule has 0 radical (unpaired) electrons. The number of hydrogen-bond acceptors (Lipinski definition) is 2. The molecule has 7 heteroatoms. The number of nitrogens with two attached hydrogens (primary N) is 1. The Morgan fingerprint density at radius 3 is 2.24 bits per heavy atom. The maximum Gasteiger partial charge on any atom is 0.260 e. The van der Waals surface area contributed by atoms with Crippen LogP contribution < -0.4 is 5.73 Å². The molecule has 1 saturated carbocycles. The van der Waals surface area contributed by atoms with Crippen molar-refractivity contribution < 1.29 is 18.0 Å². The van der Waals surface area contributed by atoms with Crippen LogP contribution in [-0.4, -0.2) is 28.4 Å². The van der Waals surface area contributed by atoms with Gasteiger partial charge in [-0.1, -0.05) is 25.1 Å². The molecule has 2 N–H and O–H groups in total. The van der Waals surface area contributed by atoms with Crippen molar-refractivity contribution in [3.05, 3.63) is 35.1 Å². The van der Waals surface area contributed by atoms with Crippen molar-refractivity contribution in [2.45, 2.75) is 31.7 Å². The minimum Gasteiger partial charge on any atom is -0.392 e. The van der Waals surface area contributed by atoms with Crippen molar-refractivity contribution >= 4 is 23.1 Å². The molecule has 2 rings (SSSR count). The van der Waals surface area contributed by atoms with Crippen LogP contribution in [0.25, 0.3) is 0 Å². The molecule has 1 aliphatic rings. The number of benzene rings is 1. The van der Waals surface area contributed by atoms with Crippen LogP contribution in [0.5, 0.6) is 0 Å². The Balaban J connectivity index is 2.35. The Labute approximate surface area is 125 Å². The summed E-state index contributed by atoms with van der Waals surface area (Å²) in [5.41, 5.74) is 4.70. The lowest BCUT2D eigenvalue weighted by molar-refractivity contribution is 0.0704. The molecule has 0 unspecified atom stereocenters. The summed E-state index contributed by atoms with van der Waals surface area (Å²) >= 11 is 4.80. The number of nitrogens with zero attached hydrogens (tertiary/aromatic N) is 1. The van der Waals surface area contributed by atoms with Crippen molar-refractivity contribution in [3.63, 3.8) is 0 Å². The largest absolute Gasteiger partial charge is 0.392 e. The fourth-order valence-corrected chi connectivity index (χ4v) is 2.78. The fraction of sp³-hybridized carbons (Fsp3) is 0.429. The van der Waals surface area contributed by atoms with E-state index in [4.69, 9.17) is 18.0 Å². The maximum atomic E-state index is 13.8. The molecule has 0 aliphatic heterocycles. The summed E-state index contributed by atoms with van der Waals surface area (Å²) in [6.45, 7) is -0.0465. The van der Waals surface area contributed by atoms with Crippen LogP contribution in [0.1, 0.15) is 36.0 Å². The number of amides is 1. The molecule has 3 nitrogen and oxygen atoms in total. The van der Waals surface area contributed by atoms with Crippen LogP contribution in [0.2, 0.25) is 0 Å². The minimum absolute atomic E-state index is 0.0465. The zero-order valence-corrected chi connectivity index (χ0v) is 12.1. The summed E-state index contributed by atoms with van der Waals surface area (Å²) < 4.78 is 40.4. The van der Waals surface area contributed by atoms with Gasteiger partial charge in [-0.25, -0.2) is 13.2 Å². The molecule has 21 heavy (non-hydrogen) atoms. The third kappa shape index (κ3) is 3.53. The van der Waals surface area contributed by atoms with E-state index in [0.717, 1.165) is 25.7 Å². The number of rotatable bonds is 4. The van der Waals surface area contributed by atoms with Gasteiger partial charge in [0.25, 0.3) is 5.91 Å². The lowest BCUT2D eigenvalue weighted by atomic mass is 10.1. The number of hydrogen-bond donors (Lipinski definition) is 1. The molecule has 1 aliphatic carbocycles.